The Kier molecular flexibility index (Phi) is 5.31. The quantitative estimate of drug-likeness (QED) is 0.570. The van der Waals surface area contributed by atoms with Crippen molar-refractivity contribution in [3.63, 3.8) is 0 Å². The van der Waals surface area contributed by atoms with Gasteiger partial charge in [-0.1, -0.05) is 36.3 Å². The maximum atomic E-state index is 10.1. The predicted octanol–water partition coefficient (Wildman–Crippen LogP) is 2.43. The molecule has 2 nitrogen and oxygen atoms in total. The van der Waals surface area contributed by atoms with Gasteiger partial charge in [0.2, 0.25) is 0 Å². The number of hydrogen-bond donors (Lipinski definition) is 0. The van der Waals surface area contributed by atoms with Crippen LogP contribution in [0.15, 0.2) is 30.3 Å². The molecule has 0 radical (unpaired) electrons. The van der Waals surface area contributed by atoms with Crippen LogP contribution >= 0.6 is 0 Å². The van der Waals surface area contributed by atoms with Gasteiger partial charge < -0.3 is 4.74 Å². The number of benzene rings is 1. The smallest absolute Gasteiger partial charge is 0.192 e. The lowest BCUT2D eigenvalue weighted by Gasteiger charge is -2.15. The van der Waals surface area contributed by atoms with Crippen molar-refractivity contribution in [3.05, 3.63) is 35.9 Å². The normalized spacial score (nSPS) is 13.4. The lowest BCUT2D eigenvalue weighted by Crippen LogP contribution is -2.16. The number of hydrogen-bond acceptors (Lipinski definition) is 2. The van der Waals surface area contributed by atoms with Crippen LogP contribution in [-0.2, 0) is 16.1 Å². The number of ether oxygens (including phenoxy) is 1. The molecule has 1 rings (SSSR count). The Morgan fingerprint density at radius 2 is 2.00 bits per heavy atom. The van der Waals surface area contributed by atoms with Gasteiger partial charge in [-0.2, -0.15) is 0 Å². The molecule has 0 fully saturated rings. The zero-order valence-electron chi connectivity index (χ0n) is 9.64. The lowest BCUT2D eigenvalue weighted by molar-refractivity contribution is -0.103. The summed E-state index contributed by atoms with van der Waals surface area (Å²) in [5.74, 6) is 5.31. The molecule has 0 unspecified atom stereocenters. The van der Waals surface area contributed by atoms with Gasteiger partial charge in [0.05, 0.1) is 12.7 Å². The molecule has 0 amide bonds. The second-order valence-corrected chi connectivity index (χ2v) is 3.70. The molecule has 0 spiro atoms. The van der Waals surface area contributed by atoms with E-state index in [1.165, 1.54) is 0 Å². The van der Waals surface area contributed by atoms with Gasteiger partial charge in [0.15, 0.2) is 6.29 Å². The van der Waals surface area contributed by atoms with Crippen LogP contribution in [0.5, 0.6) is 0 Å². The third-order valence-electron chi connectivity index (χ3n) is 2.43. The van der Waals surface area contributed by atoms with Crippen molar-refractivity contribution >= 4 is 6.29 Å². The molecule has 0 N–H and O–H groups in total. The van der Waals surface area contributed by atoms with E-state index in [0.717, 1.165) is 5.56 Å². The van der Waals surface area contributed by atoms with Crippen LogP contribution in [0.4, 0.5) is 0 Å². The highest BCUT2D eigenvalue weighted by atomic mass is 16.5. The van der Waals surface area contributed by atoms with Crippen molar-refractivity contribution < 1.29 is 9.53 Å². The van der Waals surface area contributed by atoms with Crippen LogP contribution in [0, 0.1) is 17.8 Å². The maximum Gasteiger partial charge on any atom is 0.192 e. The molecule has 1 aromatic rings. The van der Waals surface area contributed by atoms with Crippen molar-refractivity contribution in [1.29, 1.82) is 0 Å². The fourth-order valence-electron chi connectivity index (χ4n) is 1.23. The average Bonchev–Trinajstić information content (AvgIpc) is 2.34. The minimum absolute atomic E-state index is 0.0210. The van der Waals surface area contributed by atoms with E-state index in [1.54, 1.807) is 0 Å². The largest absolute Gasteiger partial charge is 0.373 e. The number of carbonyl (C=O) groups excluding carboxylic acids is 1. The molecule has 16 heavy (non-hydrogen) atoms. The molecular formula is C14H16O2. The lowest BCUT2D eigenvalue weighted by atomic mass is 10.1. The summed E-state index contributed by atoms with van der Waals surface area (Å²) in [6.45, 7) is 4.49. The first kappa shape index (κ1) is 12.5. The first-order chi connectivity index (χ1) is 7.74. The van der Waals surface area contributed by atoms with Crippen molar-refractivity contribution in [2.24, 2.45) is 5.92 Å². The highest BCUT2D eigenvalue weighted by Crippen LogP contribution is 2.09. The standard InChI is InChI=1S/C14H16O2/c1-12(7-6-10-15)13(2)16-11-14-8-4-3-5-9-14/h3-5,8-10,12-13H,11H2,1-2H3/t12-,13-/m1/s1. The van der Waals surface area contributed by atoms with Gasteiger partial charge >= 0.3 is 0 Å². The summed E-state index contributed by atoms with van der Waals surface area (Å²) in [5, 5.41) is 0. The summed E-state index contributed by atoms with van der Waals surface area (Å²) in [6, 6.07) is 9.99. The van der Waals surface area contributed by atoms with Crippen molar-refractivity contribution in [1.82, 2.24) is 0 Å². The van der Waals surface area contributed by atoms with E-state index in [-0.39, 0.29) is 12.0 Å². The molecule has 0 aliphatic rings. The second-order valence-electron chi connectivity index (χ2n) is 3.70. The van der Waals surface area contributed by atoms with Crippen LogP contribution in [0.2, 0.25) is 0 Å². The summed E-state index contributed by atoms with van der Waals surface area (Å²) in [6.07, 6.45) is 0.633. The maximum absolute atomic E-state index is 10.1. The summed E-state index contributed by atoms with van der Waals surface area (Å²) in [7, 11) is 0. The van der Waals surface area contributed by atoms with E-state index in [1.807, 2.05) is 44.2 Å². The highest BCUT2D eigenvalue weighted by Gasteiger charge is 2.09. The summed E-state index contributed by atoms with van der Waals surface area (Å²) in [5.41, 5.74) is 1.14. The van der Waals surface area contributed by atoms with E-state index >= 15 is 0 Å². The van der Waals surface area contributed by atoms with E-state index in [2.05, 4.69) is 11.8 Å². The Bertz CT molecular complexity index is 373. The van der Waals surface area contributed by atoms with Gasteiger partial charge in [0, 0.05) is 5.92 Å². The van der Waals surface area contributed by atoms with Crippen molar-refractivity contribution in [3.8, 4) is 11.8 Å². The average molecular weight is 216 g/mol. The summed E-state index contributed by atoms with van der Waals surface area (Å²) < 4.78 is 5.67. The topological polar surface area (TPSA) is 26.3 Å². The number of aldehydes is 1. The molecule has 0 aliphatic heterocycles. The Hall–Kier alpha value is -1.59. The fourth-order valence-corrected chi connectivity index (χ4v) is 1.23. The third-order valence-corrected chi connectivity index (χ3v) is 2.43. The molecule has 0 heterocycles. The molecular weight excluding hydrogens is 200 g/mol. The first-order valence-electron chi connectivity index (χ1n) is 5.34. The Morgan fingerprint density at radius 3 is 2.62 bits per heavy atom. The molecule has 0 aromatic heterocycles. The van der Waals surface area contributed by atoms with Gasteiger partial charge in [-0.05, 0) is 25.3 Å². The highest BCUT2D eigenvalue weighted by molar-refractivity contribution is 5.72. The van der Waals surface area contributed by atoms with Gasteiger partial charge in [-0.3, -0.25) is 4.79 Å². The van der Waals surface area contributed by atoms with Crippen LogP contribution in [0.25, 0.3) is 0 Å². The van der Waals surface area contributed by atoms with E-state index < -0.39 is 0 Å². The van der Waals surface area contributed by atoms with Crippen LogP contribution < -0.4 is 0 Å². The second kappa shape index (κ2) is 6.81. The zero-order valence-corrected chi connectivity index (χ0v) is 9.64. The Morgan fingerprint density at radius 1 is 1.31 bits per heavy atom. The molecule has 84 valence electrons. The van der Waals surface area contributed by atoms with Gasteiger partial charge in [-0.25, -0.2) is 0 Å². The van der Waals surface area contributed by atoms with Crippen LogP contribution in [-0.4, -0.2) is 12.4 Å². The first-order valence-corrected chi connectivity index (χ1v) is 5.34. The number of rotatable bonds is 4. The molecule has 2 heteroatoms. The van der Waals surface area contributed by atoms with Gasteiger partial charge in [0.1, 0.15) is 0 Å². The van der Waals surface area contributed by atoms with E-state index in [4.69, 9.17) is 4.74 Å². The monoisotopic (exact) mass is 216 g/mol. The fraction of sp³-hybridized carbons (Fsp3) is 0.357. The molecule has 0 saturated carbocycles. The molecule has 2 atom stereocenters. The van der Waals surface area contributed by atoms with Crippen molar-refractivity contribution in [2.75, 3.05) is 0 Å². The predicted molar refractivity (Wildman–Crippen MR) is 63.7 cm³/mol. The minimum Gasteiger partial charge on any atom is -0.373 e. The molecule has 0 saturated heterocycles. The zero-order chi connectivity index (χ0) is 11.8. The number of carbonyl (C=O) groups is 1. The Balaban J connectivity index is 2.40. The molecule has 0 bridgehead atoms. The summed E-state index contributed by atoms with van der Waals surface area (Å²) >= 11 is 0. The molecule has 0 aliphatic carbocycles. The third kappa shape index (κ3) is 4.29. The summed E-state index contributed by atoms with van der Waals surface area (Å²) in [4.78, 5) is 10.1. The van der Waals surface area contributed by atoms with Gasteiger partial charge in [-0.15, -0.1) is 0 Å². The molecule has 1 aromatic carbocycles. The van der Waals surface area contributed by atoms with Crippen molar-refractivity contribution in [2.45, 2.75) is 26.6 Å². The van der Waals surface area contributed by atoms with Crippen LogP contribution in [0.1, 0.15) is 19.4 Å². The van der Waals surface area contributed by atoms with Gasteiger partial charge in [0.25, 0.3) is 0 Å². The Labute approximate surface area is 96.6 Å². The van der Waals surface area contributed by atoms with Crippen LogP contribution in [0.3, 0.4) is 0 Å². The van der Waals surface area contributed by atoms with E-state index in [9.17, 15) is 4.79 Å². The van der Waals surface area contributed by atoms with E-state index in [0.29, 0.717) is 12.9 Å². The minimum atomic E-state index is 0.0210. The SMILES string of the molecule is C[C@H](C#CC=O)[C@@H](C)OCc1ccccc1.